The molecular formula is C20H28ClFN6O2. The van der Waals surface area contributed by atoms with Gasteiger partial charge in [0.05, 0.1) is 18.8 Å². The van der Waals surface area contributed by atoms with Crippen LogP contribution in [0.1, 0.15) is 59.2 Å². The lowest BCUT2D eigenvalue weighted by molar-refractivity contribution is 0.0125. The standard InChI is InChI=1S/C20H28ClFN6O2/c1-19(2,3)30-18(29)27-9-6-13(12(22)11-27)24-17-23-10-14-15(21)25-16(28(14)26-17)20(4)7-5-8-20/h10,12-13H,5-9,11H2,1-4H3,(H,24,26)/t12-,13-/m1/s1. The molecule has 2 aromatic heterocycles. The normalized spacial score (nSPS) is 23.9. The number of amides is 1. The van der Waals surface area contributed by atoms with Crippen LogP contribution in [0.4, 0.5) is 15.1 Å². The first-order valence-corrected chi connectivity index (χ1v) is 10.7. The molecule has 10 heteroatoms. The zero-order valence-corrected chi connectivity index (χ0v) is 18.5. The molecule has 2 aromatic rings. The van der Waals surface area contributed by atoms with E-state index < -0.39 is 23.9 Å². The van der Waals surface area contributed by atoms with E-state index >= 15 is 0 Å². The SMILES string of the molecule is CC(C)(C)OC(=O)N1CC[C@@H](Nc2ncc3c(Cl)nc(C4(C)CCC4)n3n2)[C@H](F)C1. The highest BCUT2D eigenvalue weighted by molar-refractivity contribution is 6.32. The van der Waals surface area contributed by atoms with Gasteiger partial charge in [0.2, 0.25) is 5.95 Å². The molecule has 0 spiro atoms. The van der Waals surface area contributed by atoms with Crippen LogP contribution in [0, 0.1) is 0 Å². The summed E-state index contributed by atoms with van der Waals surface area (Å²) in [6.45, 7) is 7.89. The molecule has 0 aromatic carbocycles. The molecule has 4 rings (SSSR count). The van der Waals surface area contributed by atoms with Crippen molar-refractivity contribution in [1.29, 1.82) is 0 Å². The fourth-order valence-electron chi connectivity index (χ4n) is 3.96. The number of hydrogen-bond donors (Lipinski definition) is 1. The van der Waals surface area contributed by atoms with Crippen LogP contribution in [0.2, 0.25) is 5.15 Å². The minimum Gasteiger partial charge on any atom is -0.444 e. The first kappa shape index (κ1) is 21.1. The number of carbonyl (C=O) groups is 1. The van der Waals surface area contributed by atoms with Gasteiger partial charge in [-0.15, -0.1) is 5.10 Å². The summed E-state index contributed by atoms with van der Waals surface area (Å²) in [5.74, 6) is 1.13. The number of halogens is 2. The van der Waals surface area contributed by atoms with Crippen molar-refractivity contribution in [2.45, 2.75) is 76.6 Å². The Bertz CT molecular complexity index is 955. The monoisotopic (exact) mass is 438 g/mol. The van der Waals surface area contributed by atoms with Crippen LogP contribution >= 0.6 is 11.6 Å². The number of rotatable bonds is 3. The van der Waals surface area contributed by atoms with Gasteiger partial charge >= 0.3 is 6.09 Å². The average Bonchev–Trinajstić information content (AvgIpc) is 2.96. The molecule has 0 radical (unpaired) electrons. The van der Waals surface area contributed by atoms with Gasteiger partial charge < -0.3 is 15.0 Å². The van der Waals surface area contributed by atoms with Crippen LogP contribution in [0.25, 0.3) is 5.52 Å². The van der Waals surface area contributed by atoms with Gasteiger partial charge in [-0.05, 0) is 40.0 Å². The van der Waals surface area contributed by atoms with Gasteiger partial charge in [-0.25, -0.2) is 23.7 Å². The number of anilines is 1. The maximum atomic E-state index is 14.8. The number of fused-ring (bicyclic) bond motifs is 1. The van der Waals surface area contributed by atoms with E-state index in [0.29, 0.717) is 29.6 Å². The molecule has 3 heterocycles. The fourth-order valence-corrected chi connectivity index (χ4v) is 4.17. The van der Waals surface area contributed by atoms with Gasteiger partial charge in [0.25, 0.3) is 0 Å². The molecule has 30 heavy (non-hydrogen) atoms. The second kappa shape index (κ2) is 7.51. The number of nitrogens with zero attached hydrogens (tertiary/aromatic N) is 5. The lowest BCUT2D eigenvalue weighted by Crippen LogP contribution is -2.51. The Balaban J connectivity index is 1.47. The Labute approximate surface area is 180 Å². The molecule has 0 bridgehead atoms. The zero-order chi connectivity index (χ0) is 21.7. The van der Waals surface area contributed by atoms with E-state index in [9.17, 15) is 9.18 Å². The number of nitrogens with one attached hydrogen (secondary N) is 1. The van der Waals surface area contributed by atoms with Crippen molar-refractivity contribution in [1.82, 2.24) is 24.5 Å². The highest BCUT2D eigenvalue weighted by Crippen LogP contribution is 2.43. The third kappa shape index (κ3) is 4.04. The lowest BCUT2D eigenvalue weighted by Gasteiger charge is -2.36. The van der Waals surface area contributed by atoms with Gasteiger partial charge in [0, 0.05) is 12.0 Å². The maximum Gasteiger partial charge on any atom is 0.410 e. The topological polar surface area (TPSA) is 84.6 Å². The summed E-state index contributed by atoms with van der Waals surface area (Å²) in [7, 11) is 0. The quantitative estimate of drug-likeness (QED) is 0.780. The summed E-state index contributed by atoms with van der Waals surface area (Å²) in [5.41, 5.74) is -0.0209. The van der Waals surface area contributed by atoms with Crippen molar-refractivity contribution in [2.75, 3.05) is 18.4 Å². The predicted molar refractivity (Wildman–Crippen MR) is 112 cm³/mol. The predicted octanol–water partition coefficient (Wildman–Crippen LogP) is 3.98. The van der Waals surface area contributed by atoms with Crippen LogP contribution in [0.15, 0.2) is 6.20 Å². The third-order valence-electron chi connectivity index (χ3n) is 5.85. The van der Waals surface area contributed by atoms with Gasteiger partial charge in [-0.3, -0.25) is 0 Å². The number of likely N-dealkylation sites (tertiary alicyclic amines) is 1. The minimum absolute atomic E-state index is 0.0327. The lowest BCUT2D eigenvalue weighted by atomic mass is 9.70. The highest BCUT2D eigenvalue weighted by atomic mass is 35.5. The fraction of sp³-hybridized carbons (Fsp3) is 0.700. The Morgan fingerprint density at radius 2 is 2.13 bits per heavy atom. The molecule has 1 N–H and O–H groups in total. The van der Waals surface area contributed by atoms with Crippen molar-refractivity contribution in [3.05, 3.63) is 17.2 Å². The molecule has 2 atom stereocenters. The highest BCUT2D eigenvalue weighted by Gasteiger charge is 2.39. The largest absolute Gasteiger partial charge is 0.444 e. The Morgan fingerprint density at radius 1 is 1.40 bits per heavy atom. The van der Waals surface area contributed by atoms with Crippen LogP contribution in [-0.2, 0) is 10.2 Å². The molecule has 8 nitrogen and oxygen atoms in total. The zero-order valence-electron chi connectivity index (χ0n) is 17.8. The van der Waals surface area contributed by atoms with Crippen molar-refractivity contribution in [3.8, 4) is 0 Å². The summed E-state index contributed by atoms with van der Waals surface area (Å²) in [5, 5.41) is 8.01. The summed E-state index contributed by atoms with van der Waals surface area (Å²) in [6.07, 6.45) is 3.50. The van der Waals surface area contributed by atoms with E-state index in [1.807, 2.05) is 0 Å². The average molecular weight is 439 g/mol. The number of hydrogen-bond acceptors (Lipinski definition) is 6. The molecule has 1 amide bonds. The van der Waals surface area contributed by atoms with E-state index in [2.05, 4.69) is 27.3 Å². The summed E-state index contributed by atoms with van der Waals surface area (Å²) in [4.78, 5) is 22.4. The van der Waals surface area contributed by atoms with E-state index in [1.54, 1.807) is 31.5 Å². The van der Waals surface area contributed by atoms with Gasteiger partial charge in [-0.1, -0.05) is 24.9 Å². The van der Waals surface area contributed by atoms with Crippen LogP contribution in [0.3, 0.4) is 0 Å². The second-order valence-electron chi connectivity index (χ2n) is 9.50. The van der Waals surface area contributed by atoms with Crippen molar-refractivity contribution >= 4 is 29.2 Å². The van der Waals surface area contributed by atoms with Crippen LogP contribution < -0.4 is 5.32 Å². The first-order valence-electron chi connectivity index (χ1n) is 10.4. The number of piperidine rings is 1. The van der Waals surface area contributed by atoms with E-state index in [1.165, 1.54) is 4.90 Å². The summed E-state index contributed by atoms with van der Waals surface area (Å²) in [6, 6.07) is -0.497. The number of imidazole rings is 1. The summed E-state index contributed by atoms with van der Waals surface area (Å²) >= 11 is 6.28. The molecule has 0 unspecified atom stereocenters. The molecule has 2 fully saturated rings. The van der Waals surface area contributed by atoms with Crippen LogP contribution in [-0.4, -0.2) is 61.5 Å². The summed E-state index contributed by atoms with van der Waals surface area (Å²) < 4.78 is 21.9. The van der Waals surface area contributed by atoms with E-state index in [4.69, 9.17) is 16.3 Å². The second-order valence-corrected chi connectivity index (χ2v) is 9.86. The van der Waals surface area contributed by atoms with Gasteiger partial charge in [0.1, 0.15) is 23.1 Å². The van der Waals surface area contributed by atoms with Crippen molar-refractivity contribution in [2.24, 2.45) is 0 Å². The number of ether oxygens (including phenoxy) is 1. The molecule has 1 saturated carbocycles. The molecular weight excluding hydrogens is 411 g/mol. The van der Waals surface area contributed by atoms with Gasteiger partial charge in [-0.2, -0.15) is 0 Å². The van der Waals surface area contributed by atoms with E-state index in [0.717, 1.165) is 25.1 Å². The Hall–Kier alpha value is -2.16. The Kier molecular flexibility index (Phi) is 5.28. The molecule has 2 aliphatic rings. The third-order valence-corrected chi connectivity index (χ3v) is 6.13. The van der Waals surface area contributed by atoms with Gasteiger partial charge in [0.15, 0.2) is 5.15 Å². The Morgan fingerprint density at radius 3 is 2.73 bits per heavy atom. The molecule has 1 aliphatic heterocycles. The maximum absolute atomic E-state index is 14.8. The number of carbonyl (C=O) groups excluding carboxylic acids is 1. The number of aromatic nitrogens is 4. The van der Waals surface area contributed by atoms with Crippen molar-refractivity contribution in [3.63, 3.8) is 0 Å². The van der Waals surface area contributed by atoms with E-state index in [-0.39, 0.29) is 12.0 Å². The van der Waals surface area contributed by atoms with Crippen molar-refractivity contribution < 1.29 is 13.9 Å². The smallest absolute Gasteiger partial charge is 0.410 e. The first-order chi connectivity index (χ1) is 14.1. The molecule has 164 valence electrons. The number of alkyl halides is 1. The molecule has 1 saturated heterocycles. The minimum atomic E-state index is -1.26. The molecule has 1 aliphatic carbocycles. The van der Waals surface area contributed by atoms with Crippen LogP contribution in [0.5, 0.6) is 0 Å².